The maximum absolute atomic E-state index is 2.57. The van der Waals surface area contributed by atoms with Crippen LogP contribution < -0.4 is 9.80 Å². The van der Waals surface area contributed by atoms with Crippen molar-refractivity contribution in [3.63, 3.8) is 0 Å². The predicted octanol–water partition coefficient (Wildman–Crippen LogP) is 14.5. The fraction of sp³-hybridized carbons (Fsp3) is 0.179. The Morgan fingerprint density at radius 3 is 1.78 bits per heavy atom. The van der Waals surface area contributed by atoms with Crippen LogP contribution in [0.2, 0.25) is 0 Å². The van der Waals surface area contributed by atoms with E-state index in [0.29, 0.717) is 11.8 Å². The van der Waals surface area contributed by atoms with Crippen molar-refractivity contribution >= 4 is 51.4 Å². The van der Waals surface area contributed by atoms with Crippen LogP contribution in [-0.4, -0.2) is 0 Å². The quantitative estimate of drug-likeness (QED) is 0.165. The first-order valence-electron chi connectivity index (χ1n) is 21.0. The molecule has 0 aromatic heterocycles. The molecule has 2 aliphatic heterocycles. The molecular formula is C56H48N2. The lowest BCUT2D eigenvalue weighted by molar-refractivity contribution is 0.392. The lowest BCUT2D eigenvalue weighted by atomic mass is 9.72. The molecule has 58 heavy (non-hydrogen) atoms. The molecule has 7 aromatic carbocycles. The van der Waals surface area contributed by atoms with Crippen molar-refractivity contribution < 1.29 is 0 Å². The summed E-state index contributed by atoms with van der Waals surface area (Å²) in [5.41, 5.74) is 18.4. The molecule has 0 saturated heterocycles. The molecule has 11 rings (SSSR count). The number of hydrogen-bond donors (Lipinski definition) is 0. The van der Waals surface area contributed by atoms with E-state index in [0.717, 1.165) is 12.8 Å². The van der Waals surface area contributed by atoms with E-state index in [2.05, 4.69) is 220 Å². The molecule has 0 bridgehead atoms. The van der Waals surface area contributed by atoms with Gasteiger partial charge in [0.05, 0.1) is 17.1 Å². The first kappa shape index (κ1) is 34.8. The van der Waals surface area contributed by atoms with Gasteiger partial charge in [-0.3, -0.25) is 0 Å². The minimum atomic E-state index is -0.0719. The van der Waals surface area contributed by atoms with Gasteiger partial charge in [0, 0.05) is 33.8 Å². The maximum Gasteiger partial charge on any atom is 0.0540 e. The Bertz CT molecular complexity index is 2790. The molecule has 2 atom stereocenters. The van der Waals surface area contributed by atoms with Crippen LogP contribution in [0.1, 0.15) is 78.1 Å². The Labute approximate surface area is 343 Å². The van der Waals surface area contributed by atoms with Crippen molar-refractivity contribution in [3.05, 3.63) is 220 Å². The van der Waals surface area contributed by atoms with Gasteiger partial charge in [0.1, 0.15) is 0 Å². The zero-order valence-corrected chi connectivity index (χ0v) is 33.8. The fourth-order valence-electron chi connectivity index (χ4n) is 10.8. The Hall–Kier alpha value is -6.38. The van der Waals surface area contributed by atoms with Gasteiger partial charge < -0.3 is 9.80 Å². The van der Waals surface area contributed by atoms with E-state index in [4.69, 9.17) is 0 Å². The monoisotopic (exact) mass is 748 g/mol. The predicted molar refractivity (Wildman–Crippen MR) is 245 cm³/mol. The number of nitrogens with zero attached hydrogens (tertiary/aromatic N) is 2. The van der Waals surface area contributed by atoms with Crippen molar-refractivity contribution in [2.24, 2.45) is 5.92 Å². The van der Waals surface area contributed by atoms with Gasteiger partial charge in [-0.25, -0.2) is 0 Å². The minimum absolute atomic E-state index is 0.0396. The van der Waals surface area contributed by atoms with Gasteiger partial charge in [0.25, 0.3) is 0 Å². The van der Waals surface area contributed by atoms with Crippen LogP contribution in [0.4, 0.5) is 28.4 Å². The Kier molecular flexibility index (Phi) is 7.86. The van der Waals surface area contributed by atoms with Crippen LogP contribution in [0, 0.1) is 5.92 Å². The number of rotatable bonds is 4. The highest BCUT2D eigenvalue weighted by atomic mass is 15.2. The van der Waals surface area contributed by atoms with Crippen LogP contribution in [0.15, 0.2) is 176 Å². The van der Waals surface area contributed by atoms with Gasteiger partial charge in [-0.05, 0) is 110 Å². The Balaban J connectivity index is 0.939. The van der Waals surface area contributed by atoms with Gasteiger partial charge in [-0.1, -0.05) is 173 Å². The number of benzene rings is 7. The molecule has 2 nitrogen and oxygen atoms in total. The SMILES string of the molecule is CC1(C)c2ccccc2N(C2=CC3C(C=C2)c2ccc(/C=C/c4ccc(N5c6ccccc6CCc6ccccc65)c5ccccc45)cc2C3(C)C)c2ccccc21. The molecule has 2 aliphatic carbocycles. The normalized spacial score (nSPS) is 19.4. The second-order valence-electron chi connectivity index (χ2n) is 17.7. The average Bonchev–Trinajstić information content (AvgIpc) is 3.36. The molecule has 282 valence electrons. The molecule has 0 saturated carbocycles. The van der Waals surface area contributed by atoms with Gasteiger partial charge in [-0.15, -0.1) is 0 Å². The number of fused-ring (bicyclic) bond motifs is 8. The summed E-state index contributed by atoms with van der Waals surface area (Å²) < 4.78 is 0. The highest BCUT2D eigenvalue weighted by Gasteiger charge is 2.46. The van der Waals surface area contributed by atoms with Crippen LogP contribution in [-0.2, 0) is 23.7 Å². The maximum atomic E-state index is 2.57. The van der Waals surface area contributed by atoms with E-state index < -0.39 is 0 Å². The third kappa shape index (κ3) is 5.24. The summed E-state index contributed by atoms with van der Waals surface area (Å²) in [5, 5.41) is 2.52. The molecule has 0 radical (unpaired) electrons. The number of para-hydroxylation sites is 4. The summed E-state index contributed by atoms with van der Waals surface area (Å²) in [4.78, 5) is 5.00. The lowest BCUT2D eigenvalue weighted by Crippen LogP contribution is -2.34. The largest absolute Gasteiger partial charge is 0.310 e. The van der Waals surface area contributed by atoms with E-state index in [-0.39, 0.29) is 10.8 Å². The Morgan fingerprint density at radius 1 is 0.517 bits per heavy atom. The molecule has 2 heterocycles. The summed E-state index contributed by atoms with van der Waals surface area (Å²) >= 11 is 0. The molecular weight excluding hydrogens is 701 g/mol. The second kappa shape index (κ2) is 13.1. The van der Waals surface area contributed by atoms with Gasteiger partial charge >= 0.3 is 0 Å². The number of aryl methyl sites for hydroxylation is 2. The highest BCUT2D eigenvalue weighted by molar-refractivity contribution is 6.04. The smallest absolute Gasteiger partial charge is 0.0540 e. The summed E-state index contributed by atoms with van der Waals surface area (Å²) in [6, 6.07) is 56.5. The van der Waals surface area contributed by atoms with E-state index in [1.807, 2.05) is 0 Å². The molecule has 7 aromatic rings. The summed E-state index contributed by atoms with van der Waals surface area (Å²) in [5.74, 6) is 0.700. The van der Waals surface area contributed by atoms with Gasteiger partial charge in [-0.2, -0.15) is 0 Å². The van der Waals surface area contributed by atoms with E-state index in [1.54, 1.807) is 0 Å². The number of hydrogen-bond acceptors (Lipinski definition) is 2. The van der Waals surface area contributed by atoms with E-state index in [9.17, 15) is 0 Å². The van der Waals surface area contributed by atoms with Crippen molar-refractivity contribution in [1.82, 2.24) is 0 Å². The lowest BCUT2D eigenvalue weighted by Gasteiger charge is -2.43. The van der Waals surface area contributed by atoms with Crippen LogP contribution in [0.5, 0.6) is 0 Å². The van der Waals surface area contributed by atoms with Crippen LogP contribution in [0.25, 0.3) is 22.9 Å². The van der Waals surface area contributed by atoms with Gasteiger partial charge in [0.2, 0.25) is 0 Å². The van der Waals surface area contributed by atoms with Crippen molar-refractivity contribution in [2.45, 2.75) is 57.3 Å². The fourth-order valence-corrected chi connectivity index (χ4v) is 10.8. The molecule has 2 unspecified atom stereocenters. The zero-order chi connectivity index (χ0) is 39.2. The molecule has 0 amide bonds. The first-order valence-corrected chi connectivity index (χ1v) is 21.0. The third-order valence-electron chi connectivity index (χ3n) is 13.8. The molecule has 0 fully saturated rings. The minimum Gasteiger partial charge on any atom is -0.310 e. The van der Waals surface area contributed by atoms with E-state index >= 15 is 0 Å². The molecule has 0 N–H and O–H groups in total. The topological polar surface area (TPSA) is 6.48 Å². The zero-order valence-electron chi connectivity index (χ0n) is 33.8. The number of allylic oxidation sites excluding steroid dienone is 3. The summed E-state index contributed by atoms with van der Waals surface area (Å²) in [7, 11) is 0. The third-order valence-corrected chi connectivity index (χ3v) is 13.8. The molecule has 0 spiro atoms. The van der Waals surface area contributed by atoms with Crippen molar-refractivity contribution in [2.75, 3.05) is 9.80 Å². The standard InChI is InChI=1S/C56H48N2/c1-55(2)46-19-9-13-23-53(46)57(54-24-14-10-20-47(54)55)41-31-33-44-43-32-26-37(35-48(43)56(3,4)49(44)36-41)25-27-38-30-34-52(45-18-8-7-17-42(38)45)58-50-21-11-5-15-39(50)28-29-40-16-6-12-22-51(40)58/h5-27,30-36,44,49H,28-29H2,1-4H3/b27-25+. The Morgan fingerprint density at radius 2 is 1.10 bits per heavy atom. The van der Waals surface area contributed by atoms with Crippen molar-refractivity contribution in [3.8, 4) is 0 Å². The molecule has 2 heteroatoms. The highest BCUT2D eigenvalue weighted by Crippen LogP contribution is 2.56. The van der Waals surface area contributed by atoms with E-state index in [1.165, 1.54) is 89.4 Å². The summed E-state index contributed by atoms with van der Waals surface area (Å²) in [6.45, 7) is 9.62. The first-order chi connectivity index (χ1) is 28.3. The van der Waals surface area contributed by atoms with Crippen LogP contribution in [0.3, 0.4) is 0 Å². The van der Waals surface area contributed by atoms with Crippen LogP contribution >= 0.6 is 0 Å². The van der Waals surface area contributed by atoms with Gasteiger partial charge in [0.15, 0.2) is 0 Å². The van der Waals surface area contributed by atoms with Crippen molar-refractivity contribution in [1.29, 1.82) is 0 Å². The summed E-state index contributed by atoms with van der Waals surface area (Å²) in [6.07, 6.45) is 14.1. The number of anilines is 5. The molecule has 4 aliphatic rings. The second-order valence-corrected chi connectivity index (χ2v) is 17.7. The average molecular weight is 749 g/mol.